The number of rotatable bonds is 5. The molecule has 2 rings (SSSR count). The van der Waals surface area contributed by atoms with Crippen molar-refractivity contribution in [2.24, 2.45) is 11.3 Å². The van der Waals surface area contributed by atoms with Crippen molar-refractivity contribution in [3.63, 3.8) is 0 Å². The summed E-state index contributed by atoms with van der Waals surface area (Å²) < 4.78 is 16.6. The Labute approximate surface area is 150 Å². The lowest BCUT2D eigenvalue weighted by atomic mass is 9.72. The summed E-state index contributed by atoms with van der Waals surface area (Å²) in [6, 6.07) is 0. The van der Waals surface area contributed by atoms with Crippen molar-refractivity contribution in [2.75, 3.05) is 6.61 Å². The van der Waals surface area contributed by atoms with Crippen LogP contribution in [0.5, 0.6) is 0 Å². The lowest BCUT2D eigenvalue weighted by Gasteiger charge is -2.36. The molecule has 0 aromatic heterocycles. The summed E-state index contributed by atoms with van der Waals surface area (Å²) >= 11 is 0. The van der Waals surface area contributed by atoms with Gasteiger partial charge in [-0.05, 0) is 57.9 Å². The zero-order chi connectivity index (χ0) is 18.6. The van der Waals surface area contributed by atoms with Gasteiger partial charge in [0.1, 0.15) is 6.10 Å². The van der Waals surface area contributed by atoms with Crippen molar-refractivity contribution in [1.82, 2.24) is 0 Å². The summed E-state index contributed by atoms with van der Waals surface area (Å²) in [6.45, 7) is 11.7. The predicted molar refractivity (Wildman–Crippen MR) is 94.6 cm³/mol. The smallest absolute Gasteiger partial charge is 0.333 e. The van der Waals surface area contributed by atoms with Gasteiger partial charge in [-0.2, -0.15) is 0 Å². The van der Waals surface area contributed by atoms with E-state index in [1.165, 1.54) is 0 Å². The molecule has 2 aliphatic rings. The van der Waals surface area contributed by atoms with Crippen LogP contribution in [0.4, 0.5) is 0 Å². The van der Waals surface area contributed by atoms with Gasteiger partial charge in [0.05, 0.1) is 12.0 Å². The molecule has 1 saturated heterocycles. The molecule has 0 N–H and O–H groups in total. The topological polar surface area (TPSA) is 61.8 Å². The molecule has 0 spiro atoms. The average molecular weight is 350 g/mol. The van der Waals surface area contributed by atoms with E-state index in [-0.39, 0.29) is 12.1 Å². The van der Waals surface area contributed by atoms with Gasteiger partial charge < -0.3 is 14.2 Å². The van der Waals surface area contributed by atoms with Crippen LogP contribution >= 0.6 is 0 Å². The van der Waals surface area contributed by atoms with Gasteiger partial charge >= 0.3 is 11.9 Å². The molecule has 25 heavy (non-hydrogen) atoms. The van der Waals surface area contributed by atoms with Crippen LogP contribution in [-0.2, 0) is 23.8 Å². The molecule has 0 aromatic rings. The van der Waals surface area contributed by atoms with E-state index >= 15 is 0 Å². The molecule has 5 nitrogen and oxygen atoms in total. The van der Waals surface area contributed by atoms with Crippen LogP contribution < -0.4 is 0 Å². The van der Waals surface area contributed by atoms with Crippen LogP contribution in [0.25, 0.3) is 0 Å². The van der Waals surface area contributed by atoms with Crippen molar-refractivity contribution in [3.8, 4) is 0 Å². The van der Waals surface area contributed by atoms with E-state index in [0.717, 1.165) is 31.3 Å². The van der Waals surface area contributed by atoms with Crippen molar-refractivity contribution in [3.05, 3.63) is 23.8 Å². The summed E-state index contributed by atoms with van der Waals surface area (Å²) in [5.74, 6) is -0.371. The standard InChI is InChI=1S/C20H30O5/c1-13(2)18(21)24-15(4)16-10-14(3)11-20(5,12-16)19(22)25-17-8-6-7-9-23-17/h12,14-15,17H,1,6-11H2,2-5H3. The fraction of sp³-hybridized carbons (Fsp3) is 0.700. The number of hydrogen-bond acceptors (Lipinski definition) is 5. The van der Waals surface area contributed by atoms with Crippen LogP contribution in [0, 0.1) is 11.3 Å². The summed E-state index contributed by atoms with van der Waals surface area (Å²) in [5, 5.41) is 0. The Morgan fingerprint density at radius 2 is 2.12 bits per heavy atom. The first-order chi connectivity index (χ1) is 11.7. The molecule has 0 bridgehead atoms. The maximum atomic E-state index is 12.8. The van der Waals surface area contributed by atoms with Gasteiger partial charge in [-0.3, -0.25) is 4.79 Å². The number of ether oxygens (including phenoxy) is 3. The second-order valence-electron chi connectivity index (χ2n) is 7.68. The summed E-state index contributed by atoms with van der Waals surface area (Å²) in [4.78, 5) is 24.5. The van der Waals surface area contributed by atoms with Gasteiger partial charge in [-0.1, -0.05) is 19.6 Å². The number of carbonyl (C=O) groups is 2. The Kier molecular flexibility index (Phi) is 6.44. The molecule has 1 aliphatic heterocycles. The number of hydrogen-bond donors (Lipinski definition) is 0. The van der Waals surface area contributed by atoms with Crippen LogP contribution in [0.15, 0.2) is 23.8 Å². The Balaban J connectivity index is 2.10. The van der Waals surface area contributed by atoms with Crippen molar-refractivity contribution < 1.29 is 23.8 Å². The number of esters is 2. The Hall–Kier alpha value is -1.62. The van der Waals surface area contributed by atoms with E-state index in [9.17, 15) is 9.59 Å². The summed E-state index contributed by atoms with van der Waals surface area (Å²) in [6.07, 6.45) is 5.39. The van der Waals surface area contributed by atoms with E-state index in [2.05, 4.69) is 13.5 Å². The molecule has 1 heterocycles. The van der Waals surface area contributed by atoms with Crippen LogP contribution in [0.3, 0.4) is 0 Å². The maximum Gasteiger partial charge on any atom is 0.333 e. The molecule has 1 fully saturated rings. The zero-order valence-corrected chi connectivity index (χ0v) is 15.8. The molecular formula is C20H30O5. The minimum atomic E-state index is -0.725. The first-order valence-corrected chi connectivity index (χ1v) is 9.12. The van der Waals surface area contributed by atoms with Crippen molar-refractivity contribution >= 4 is 11.9 Å². The molecule has 0 amide bonds. The van der Waals surface area contributed by atoms with E-state index in [1.54, 1.807) is 6.92 Å². The SMILES string of the molecule is C=C(C)C(=O)OC(C)C1=CC(C)(C(=O)OC2CCCCO2)CC(C)C1. The van der Waals surface area contributed by atoms with Gasteiger partial charge in [0.25, 0.3) is 0 Å². The minimum Gasteiger partial charge on any atom is -0.455 e. The predicted octanol–water partition coefficient (Wildman–Crippen LogP) is 3.93. The molecule has 4 atom stereocenters. The molecule has 0 aromatic carbocycles. The highest BCUT2D eigenvalue weighted by atomic mass is 16.7. The molecular weight excluding hydrogens is 320 g/mol. The summed E-state index contributed by atoms with van der Waals surface area (Å²) in [5.41, 5.74) is 0.600. The van der Waals surface area contributed by atoms with E-state index in [4.69, 9.17) is 14.2 Å². The third-order valence-electron chi connectivity index (χ3n) is 4.86. The molecule has 1 aliphatic carbocycles. The highest BCUT2D eigenvalue weighted by Gasteiger charge is 2.40. The third-order valence-corrected chi connectivity index (χ3v) is 4.86. The van der Waals surface area contributed by atoms with Gasteiger partial charge in [0, 0.05) is 12.0 Å². The van der Waals surface area contributed by atoms with Gasteiger partial charge in [0.15, 0.2) is 0 Å². The second kappa shape index (κ2) is 8.17. The van der Waals surface area contributed by atoms with Crippen LogP contribution in [-0.4, -0.2) is 30.9 Å². The molecule has 0 saturated carbocycles. The Bertz CT molecular complexity index is 558. The maximum absolute atomic E-state index is 12.8. The van der Waals surface area contributed by atoms with E-state index in [1.807, 2.05) is 19.9 Å². The largest absolute Gasteiger partial charge is 0.455 e. The lowest BCUT2D eigenvalue weighted by Crippen LogP contribution is -2.38. The monoisotopic (exact) mass is 350 g/mol. The third kappa shape index (κ3) is 5.18. The van der Waals surface area contributed by atoms with Crippen LogP contribution in [0.1, 0.15) is 59.8 Å². The van der Waals surface area contributed by atoms with Crippen LogP contribution in [0.2, 0.25) is 0 Å². The fourth-order valence-corrected chi connectivity index (χ4v) is 3.55. The lowest BCUT2D eigenvalue weighted by molar-refractivity contribution is -0.195. The highest BCUT2D eigenvalue weighted by molar-refractivity contribution is 5.87. The first-order valence-electron chi connectivity index (χ1n) is 9.12. The molecule has 0 radical (unpaired) electrons. The normalized spacial score (nSPS) is 30.8. The van der Waals surface area contributed by atoms with Gasteiger partial charge in [-0.25, -0.2) is 4.79 Å². The fourth-order valence-electron chi connectivity index (χ4n) is 3.55. The Morgan fingerprint density at radius 3 is 2.72 bits per heavy atom. The van der Waals surface area contributed by atoms with E-state index in [0.29, 0.717) is 24.5 Å². The number of carbonyl (C=O) groups excluding carboxylic acids is 2. The second-order valence-corrected chi connectivity index (χ2v) is 7.68. The summed E-state index contributed by atoms with van der Waals surface area (Å²) in [7, 11) is 0. The van der Waals surface area contributed by atoms with Crippen molar-refractivity contribution in [2.45, 2.75) is 72.2 Å². The van der Waals surface area contributed by atoms with E-state index < -0.39 is 17.7 Å². The molecule has 5 heteroatoms. The van der Waals surface area contributed by atoms with Gasteiger partial charge in [-0.15, -0.1) is 0 Å². The van der Waals surface area contributed by atoms with Crippen molar-refractivity contribution in [1.29, 1.82) is 0 Å². The first kappa shape index (κ1) is 19.7. The quantitative estimate of drug-likeness (QED) is 0.427. The molecule has 140 valence electrons. The average Bonchev–Trinajstić information content (AvgIpc) is 2.54. The van der Waals surface area contributed by atoms with Gasteiger partial charge in [0.2, 0.25) is 6.29 Å². The highest BCUT2D eigenvalue weighted by Crippen LogP contribution is 2.40. The Morgan fingerprint density at radius 1 is 1.40 bits per heavy atom. The minimum absolute atomic E-state index is 0.262. The molecule has 4 unspecified atom stereocenters. The zero-order valence-electron chi connectivity index (χ0n) is 15.8.